The van der Waals surface area contributed by atoms with Gasteiger partial charge in [0, 0.05) is 34.5 Å². The zero-order valence-electron chi connectivity index (χ0n) is 21.7. The van der Waals surface area contributed by atoms with E-state index in [1.54, 1.807) is 6.92 Å². The minimum atomic E-state index is -1.21. The van der Waals surface area contributed by atoms with Gasteiger partial charge in [-0.25, -0.2) is 4.79 Å². The second-order valence-electron chi connectivity index (χ2n) is 11.3. The topological polar surface area (TPSA) is 101 Å². The van der Waals surface area contributed by atoms with Gasteiger partial charge in [-0.05, 0) is 52.0 Å². The molecule has 4 aliphatic rings. The molecule has 6 unspecified atom stereocenters. The maximum atomic E-state index is 14.2. The van der Waals surface area contributed by atoms with Crippen molar-refractivity contribution in [2.24, 2.45) is 22.2 Å². The highest BCUT2D eigenvalue weighted by molar-refractivity contribution is 6.15. The van der Waals surface area contributed by atoms with Crippen molar-refractivity contribution >= 4 is 17.5 Å². The Morgan fingerprint density at radius 1 is 1.26 bits per heavy atom. The summed E-state index contributed by atoms with van der Waals surface area (Å²) in [5, 5.41) is 22.0. The van der Waals surface area contributed by atoms with Crippen molar-refractivity contribution in [3.05, 3.63) is 57.9 Å². The first-order valence-electron chi connectivity index (χ1n) is 12.3. The highest BCUT2D eigenvalue weighted by atomic mass is 16.5. The number of carbonyl (C=O) groups excluding carboxylic acids is 3. The lowest BCUT2D eigenvalue weighted by atomic mass is 9.40. The van der Waals surface area contributed by atoms with Crippen LogP contribution in [0.1, 0.15) is 67.7 Å². The number of ketones is 2. The van der Waals surface area contributed by atoms with Gasteiger partial charge in [-0.1, -0.05) is 44.6 Å². The van der Waals surface area contributed by atoms with Crippen LogP contribution >= 0.6 is 0 Å². The molecule has 6 heteroatoms. The number of aliphatic hydroxyl groups excluding tert-OH is 2. The van der Waals surface area contributed by atoms with Crippen LogP contribution in [0.25, 0.3) is 0 Å². The van der Waals surface area contributed by atoms with Gasteiger partial charge in [-0.3, -0.25) is 9.59 Å². The predicted octanol–water partition coefficient (Wildman–Crippen LogP) is 4.85. The van der Waals surface area contributed by atoms with Crippen molar-refractivity contribution in [1.29, 1.82) is 0 Å². The summed E-state index contributed by atoms with van der Waals surface area (Å²) in [5.74, 6) is -1.59. The maximum Gasteiger partial charge on any atom is 0.330 e. The summed E-state index contributed by atoms with van der Waals surface area (Å²) >= 11 is 0. The van der Waals surface area contributed by atoms with Gasteiger partial charge in [-0.15, -0.1) is 0 Å². The Kier molecular flexibility index (Phi) is 5.72. The number of hydrogen-bond acceptors (Lipinski definition) is 6. The predicted molar refractivity (Wildman–Crippen MR) is 132 cm³/mol. The van der Waals surface area contributed by atoms with Crippen LogP contribution in [0, 0.1) is 22.2 Å². The Labute approximate surface area is 207 Å². The molecule has 1 fully saturated rings. The van der Waals surface area contributed by atoms with E-state index < -0.39 is 34.4 Å². The first-order chi connectivity index (χ1) is 16.2. The molecule has 35 heavy (non-hydrogen) atoms. The number of hydrogen-bond donors (Lipinski definition) is 2. The normalized spacial score (nSPS) is 37.9. The number of carbonyl (C=O) groups is 3. The van der Waals surface area contributed by atoms with Gasteiger partial charge in [0.2, 0.25) is 0 Å². The Morgan fingerprint density at radius 3 is 2.46 bits per heavy atom. The SMILES string of the molecule is C=CC(=O)OC1C2(C)C(=C(C)C3(C)C(O)=C(C(C)O)C(=O)CC13C)C(=O)C1=C(C)CCC=C1C2C. The van der Waals surface area contributed by atoms with Crippen molar-refractivity contribution in [3.8, 4) is 0 Å². The largest absolute Gasteiger partial charge is 0.511 e. The summed E-state index contributed by atoms with van der Waals surface area (Å²) in [6.07, 6.45) is 2.70. The van der Waals surface area contributed by atoms with Crippen LogP contribution < -0.4 is 0 Å². The van der Waals surface area contributed by atoms with Gasteiger partial charge in [-0.2, -0.15) is 0 Å². The molecule has 0 aliphatic heterocycles. The molecule has 0 radical (unpaired) electrons. The van der Waals surface area contributed by atoms with E-state index >= 15 is 0 Å². The van der Waals surface area contributed by atoms with Gasteiger partial charge in [0.1, 0.15) is 11.9 Å². The molecule has 188 valence electrons. The lowest BCUT2D eigenvalue weighted by Gasteiger charge is -2.64. The third-order valence-corrected chi connectivity index (χ3v) is 9.72. The average molecular weight is 481 g/mol. The number of allylic oxidation sites excluding steroid dienone is 5. The molecule has 6 atom stereocenters. The summed E-state index contributed by atoms with van der Waals surface area (Å²) < 4.78 is 6.08. The standard InChI is InChI=1S/C29H36O6/c1-9-20(32)35-26-27(6)13-19(31)22(17(5)30)25(34)29(27,8)16(4)23-24(33)21-14(2)11-10-12-18(21)15(3)28(23,26)7/h9,12,15,17,26,30,34H,1,10-11,13H2,2-8H3. The Hall–Kier alpha value is -2.73. The Balaban J connectivity index is 2.15. The molecule has 0 aromatic heterocycles. The third kappa shape index (κ3) is 2.95. The lowest BCUT2D eigenvalue weighted by Crippen LogP contribution is -2.66. The molecule has 4 aliphatic carbocycles. The van der Waals surface area contributed by atoms with Crippen molar-refractivity contribution < 1.29 is 29.3 Å². The van der Waals surface area contributed by atoms with Crippen molar-refractivity contribution in [2.75, 3.05) is 0 Å². The summed E-state index contributed by atoms with van der Waals surface area (Å²) in [7, 11) is 0. The smallest absolute Gasteiger partial charge is 0.330 e. The number of fused-ring (bicyclic) bond motifs is 3. The molecular weight excluding hydrogens is 444 g/mol. The molecule has 1 saturated carbocycles. The molecule has 0 bridgehead atoms. The zero-order valence-corrected chi connectivity index (χ0v) is 21.7. The van der Waals surface area contributed by atoms with E-state index in [0.717, 1.165) is 30.1 Å². The van der Waals surface area contributed by atoms with E-state index in [0.29, 0.717) is 16.7 Å². The zero-order chi connectivity index (χ0) is 26.2. The van der Waals surface area contributed by atoms with Crippen LogP contribution in [0.15, 0.2) is 57.9 Å². The Morgan fingerprint density at radius 2 is 1.89 bits per heavy atom. The lowest BCUT2D eigenvalue weighted by molar-refractivity contribution is -0.183. The Bertz CT molecular complexity index is 1190. The van der Waals surface area contributed by atoms with Crippen LogP contribution in [0.2, 0.25) is 0 Å². The van der Waals surface area contributed by atoms with Crippen LogP contribution in [0.5, 0.6) is 0 Å². The fraction of sp³-hybridized carbons (Fsp3) is 0.552. The summed E-state index contributed by atoms with van der Waals surface area (Å²) in [6.45, 7) is 16.4. The van der Waals surface area contributed by atoms with Crippen LogP contribution in [-0.2, 0) is 19.1 Å². The molecule has 0 spiro atoms. The van der Waals surface area contributed by atoms with Crippen molar-refractivity contribution in [3.63, 3.8) is 0 Å². The molecule has 4 rings (SSSR count). The number of rotatable bonds is 3. The minimum Gasteiger partial charge on any atom is -0.511 e. The number of Topliss-reactive ketones (excluding diaryl/α,β-unsaturated/α-hetero) is 2. The highest BCUT2D eigenvalue weighted by Crippen LogP contribution is 2.70. The number of aliphatic hydroxyl groups is 2. The number of ether oxygens (including phenoxy) is 1. The van der Waals surface area contributed by atoms with E-state index in [9.17, 15) is 24.6 Å². The number of esters is 1. The van der Waals surface area contributed by atoms with Gasteiger partial charge in [0.25, 0.3) is 0 Å². The second-order valence-corrected chi connectivity index (χ2v) is 11.3. The summed E-state index contributed by atoms with van der Waals surface area (Å²) in [4.78, 5) is 40.2. The monoisotopic (exact) mass is 480 g/mol. The molecule has 6 nitrogen and oxygen atoms in total. The second kappa shape index (κ2) is 7.89. The average Bonchev–Trinajstić information content (AvgIpc) is 2.77. The van der Waals surface area contributed by atoms with E-state index in [2.05, 4.69) is 12.7 Å². The maximum absolute atomic E-state index is 14.2. The summed E-state index contributed by atoms with van der Waals surface area (Å²) in [6, 6.07) is 0. The highest BCUT2D eigenvalue weighted by Gasteiger charge is 2.71. The van der Waals surface area contributed by atoms with Gasteiger partial charge < -0.3 is 14.9 Å². The molecule has 0 heterocycles. The van der Waals surface area contributed by atoms with E-state index in [-0.39, 0.29) is 35.2 Å². The van der Waals surface area contributed by atoms with E-state index in [4.69, 9.17) is 4.74 Å². The van der Waals surface area contributed by atoms with E-state index in [1.807, 2.05) is 34.6 Å². The van der Waals surface area contributed by atoms with Crippen LogP contribution in [-0.4, -0.2) is 40.0 Å². The first kappa shape index (κ1) is 25.4. The fourth-order valence-corrected chi connectivity index (χ4v) is 7.48. The minimum absolute atomic E-state index is 0.0488. The van der Waals surface area contributed by atoms with Crippen LogP contribution in [0.4, 0.5) is 0 Å². The van der Waals surface area contributed by atoms with E-state index in [1.165, 1.54) is 6.92 Å². The molecule has 2 N–H and O–H groups in total. The fourth-order valence-electron chi connectivity index (χ4n) is 7.48. The first-order valence-corrected chi connectivity index (χ1v) is 12.3. The van der Waals surface area contributed by atoms with Crippen LogP contribution in [0.3, 0.4) is 0 Å². The van der Waals surface area contributed by atoms with Gasteiger partial charge in [0.05, 0.1) is 17.1 Å². The molecule has 0 aromatic rings. The third-order valence-electron chi connectivity index (χ3n) is 9.72. The molecule has 0 amide bonds. The molecule has 0 saturated heterocycles. The molecular formula is C29H36O6. The van der Waals surface area contributed by atoms with Gasteiger partial charge >= 0.3 is 5.97 Å². The van der Waals surface area contributed by atoms with Crippen molar-refractivity contribution in [1.82, 2.24) is 0 Å². The quantitative estimate of drug-likeness (QED) is 0.442. The molecule has 0 aromatic carbocycles. The summed E-state index contributed by atoms with van der Waals surface area (Å²) in [5.41, 5.74) is 0.588. The van der Waals surface area contributed by atoms with Gasteiger partial charge in [0.15, 0.2) is 11.6 Å². The van der Waals surface area contributed by atoms with Crippen molar-refractivity contribution in [2.45, 2.75) is 79.9 Å².